The van der Waals surface area contributed by atoms with E-state index < -0.39 is 6.10 Å². The molecular formula is C18H20O. The molecule has 1 unspecified atom stereocenters. The molecule has 1 aromatic rings. The molecule has 0 radical (unpaired) electrons. The molecule has 1 aliphatic carbocycles. The Morgan fingerprint density at radius 3 is 2.79 bits per heavy atom. The maximum atomic E-state index is 10.2. The van der Waals surface area contributed by atoms with E-state index in [4.69, 9.17) is 0 Å². The molecule has 1 atom stereocenters. The summed E-state index contributed by atoms with van der Waals surface area (Å²) in [7, 11) is 0. The number of benzene rings is 1. The Kier molecular flexibility index (Phi) is 4.60. The summed E-state index contributed by atoms with van der Waals surface area (Å²) in [6, 6.07) is 7.77. The third-order valence-corrected chi connectivity index (χ3v) is 3.38. The van der Waals surface area contributed by atoms with Gasteiger partial charge in [-0.15, -0.1) is 0 Å². The van der Waals surface area contributed by atoms with Gasteiger partial charge in [0.25, 0.3) is 0 Å². The van der Waals surface area contributed by atoms with Crippen molar-refractivity contribution in [1.82, 2.24) is 0 Å². The van der Waals surface area contributed by atoms with Gasteiger partial charge in [0.15, 0.2) is 0 Å². The van der Waals surface area contributed by atoms with Gasteiger partial charge in [-0.1, -0.05) is 54.3 Å². The lowest BCUT2D eigenvalue weighted by atomic mass is 9.96. The third kappa shape index (κ3) is 3.59. The summed E-state index contributed by atoms with van der Waals surface area (Å²) >= 11 is 0. The van der Waals surface area contributed by atoms with Gasteiger partial charge in [0.2, 0.25) is 0 Å². The van der Waals surface area contributed by atoms with Crippen molar-refractivity contribution in [3.8, 4) is 11.8 Å². The van der Waals surface area contributed by atoms with E-state index in [9.17, 15) is 5.11 Å². The highest BCUT2D eigenvalue weighted by atomic mass is 16.3. The number of aliphatic hydroxyl groups excluding tert-OH is 1. The van der Waals surface area contributed by atoms with E-state index in [1.54, 1.807) is 0 Å². The van der Waals surface area contributed by atoms with Crippen LogP contribution in [0.2, 0.25) is 0 Å². The Labute approximate surface area is 115 Å². The van der Waals surface area contributed by atoms with Crippen LogP contribution in [0.4, 0.5) is 0 Å². The zero-order chi connectivity index (χ0) is 13.7. The van der Waals surface area contributed by atoms with Crippen LogP contribution in [0.25, 0.3) is 5.57 Å². The predicted octanol–water partition coefficient (Wildman–Crippen LogP) is 4.26. The fourth-order valence-electron chi connectivity index (χ4n) is 2.31. The Morgan fingerprint density at radius 1 is 1.32 bits per heavy atom. The van der Waals surface area contributed by atoms with Crippen molar-refractivity contribution in [2.75, 3.05) is 0 Å². The second-order valence-corrected chi connectivity index (χ2v) is 5.01. The number of rotatable bonds is 2. The first-order chi connectivity index (χ1) is 9.18. The van der Waals surface area contributed by atoms with Gasteiger partial charge < -0.3 is 5.11 Å². The van der Waals surface area contributed by atoms with E-state index >= 15 is 0 Å². The first-order valence-electron chi connectivity index (χ1n) is 6.82. The monoisotopic (exact) mass is 252 g/mol. The topological polar surface area (TPSA) is 20.2 Å². The quantitative estimate of drug-likeness (QED) is 0.780. The van der Waals surface area contributed by atoms with Gasteiger partial charge in [-0.25, -0.2) is 0 Å². The van der Waals surface area contributed by atoms with Crippen LogP contribution in [0.15, 0.2) is 42.5 Å². The number of hydrogen-bond donors (Lipinski definition) is 1. The van der Waals surface area contributed by atoms with E-state index in [0.717, 1.165) is 35.1 Å². The highest BCUT2D eigenvalue weighted by molar-refractivity contribution is 5.65. The lowest BCUT2D eigenvalue weighted by Crippen LogP contribution is -1.99. The minimum atomic E-state index is -0.740. The molecule has 1 aliphatic rings. The number of allylic oxidation sites excluding steroid dienone is 3. The molecular weight excluding hydrogens is 232 g/mol. The van der Waals surface area contributed by atoms with E-state index in [0.29, 0.717) is 0 Å². The Hall–Kier alpha value is -1.78. The molecule has 0 heterocycles. The second-order valence-electron chi connectivity index (χ2n) is 5.01. The highest BCUT2D eigenvalue weighted by Crippen LogP contribution is 2.23. The smallest absolute Gasteiger partial charge is 0.141 e. The third-order valence-electron chi connectivity index (χ3n) is 3.38. The summed E-state index contributed by atoms with van der Waals surface area (Å²) in [6.45, 7) is 5.89. The van der Waals surface area contributed by atoms with Crippen molar-refractivity contribution in [3.63, 3.8) is 0 Å². The molecule has 0 saturated heterocycles. The molecule has 0 amide bonds. The van der Waals surface area contributed by atoms with Crippen molar-refractivity contribution < 1.29 is 5.11 Å². The zero-order valence-electron chi connectivity index (χ0n) is 11.4. The molecule has 0 fully saturated rings. The maximum absolute atomic E-state index is 10.2. The lowest BCUT2D eigenvalue weighted by Gasteiger charge is -2.11. The number of aliphatic hydroxyl groups is 1. The van der Waals surface area contributed by atoms with Gasteiger partial charge in [-0.3, -0.25) is 0 Å². The molecule has 2 rings (SSSR count). The van der Waals surface area contributed by atoms with Gasteiger partial charge in [-0.2, -0.15) is 0 Å². The molecule has 0 spiro atoms. The molecule has 0 aromatic heterocycles. The summed E-state index contributed by atoms with van der Waals surface area (Å²) < 4.78 is 0. The largest absolute Gasteiger partial charge is 0.376 e. The molecule has 1 heteroatoms. The maximum Gasteiger partial charge on any atom is 0.141 e. The van der Waals surface area contributed by atoms with Crippen LogP contribution in [0.5, 0.6) is 0 Å². The normalized spacial score (nSPS) is 16.0. The lowest BCUT2D eigenvalue weighted by molar-refractivity contribution is 0.238. The molecule has 1 aromatic carbocycles. The Bertz CT molecular complexity index is 555. The van der Waals surface area contributed by atoms with Crippen LogP contribution < -0.4 is 0 Å². The molecule has 0 bridgehead atoms. The van der Waals surface area contributed by atoms with Crippen molar-refractivity contribution in [2.45, 2.75) is 38.7 Å². The van der Waals surface area contributed by atoms with Crippen molar-refractivity contribution in [2.24, 2.45) is 0 Å². The van der Waals surface area contributed by atoms with Crippen LogP contribution in [-0.4, -0.2) is 5.11 Å². The molecule has 0 aliphatic heterocycles. The zero-order valence-corrected chi connectivity index (χ0v) is 11.4. The molecule has 0 saturated carbocycles. The number of hydrogen-bond acceptors (Lipinski definition) is 1. The van der Waals surface area contributed by atoms with E-state index in [-0.39, 0.29) is 0 Å². The molecule has 98 valence electrons. The van der Waals surface area contributed by atoms with Crippen LogP contribution in [-0.2, 0) is 0 Å². The average molecular weight is 252 g/mol. The fourth-order valence-corrected chi connectivity index (χ4v) is 2.31. The van der Waals surface area contributed by atoms with Gasteiger partial charge in [0.05, 0.1) is 0 Å². The second kappa shape index (κ2) is 6.41. The van der Waals surface area contributed by atoms with Crippen LogP contribution in [0.1, 0.15) is 49.8 Å². The minimum absolute atomic E-state index is 0.740. The highest BCUT2D eigenvalue weighted by Gasteiger charge is 2.09. The Morgan fingerprint density at radius 2 is 2.11 bits per heavy atom. The van der Waals surface area contributed by atoms with E-state index in [1.165, 1.54) is 12.8 Å². The van der Waals surface area contributed by atoms with Gasteiger partial charge in [0.1, 0.15) is 6.10 Å². The fraction of sp³-hybridized carbons (Fsp3) is 0.333. The van der Waals surface area contributed by atoms with Crippen LogP contribution >= 0.6 is 0 Å². The average Bonchev–Trinajstić information content (AvgIpc) is 2.46. The van der Waals surface area contributed by atoms with Crippen molar-refractivity contribution >= 4 is 5.57 Å². The van der Waals surface area contributed by atoms with Gasteiger partial charge >= 0.3 is 0 Å². The first kappa shape index (κ1) is 13.6. The van der Waals surface area contributed by atoms with Gasteiger partial charge in [-0.05, 0) is 43.7 Å². The summed E-state index contributed by atoms with van der Waals surface area (Å²) in [4.78, 5) is 0. The first-order valence-corrected chi connectivity index (χ1v) is 6.82. The summed E-state index contributed by atoms with van der Waals surface area (Å²) in [5.74, 6) is 6.08. The van der Waals surface area contributed by atoms with Crippen LogP contribution in [0.3, 0.4) is 0 Å². The van der Waals surface area contributed by atoms with Crippen molar-refractivity contribution in [3.05, 3.63) is 53.6 Å². The van der Waals surface area contributed by atoms with E-state index in [1.807, 2.05) is 31.2 Å². The minimum Gasteiger partial charge on any atom is -0.376 e. The molecule has 19 heavy (non-hydrogen) atoms. The summed E-state index contributed by atoms with van der Waals surface area (Å²) in [6.07, 6.45) is 6.07. The Balaban J connectivity index is 2.21. The summed E-state index contributed by atoms with van der Waals surface area (Å²) in [5.41, 5.74) is 3.95. The summed E-state index contributed by atoms with van der Waals surface area (Å²) in [5, 5.41) is 10.2. The van der Waals surface area contributed by atoms with Gasteiger partial charge in [0, 0.05) is 5.56 Å². The SMILES string of the molecule is C=C(C)c1ccccc1C(O)C#CC1=CCCCC1. The van der Waals surface area contributed by atoms with E-state index in [2.05, 4.69) is 24.5 Å². The molecule has 1 N–H and O–H groups in total. The predicted molar refractivity (Wildman–Crippen MR) is 80.4 cm³/mol. The molecule has 1 nitrogen and oxygen atoms in total. The standard InChI is InChI=1S/C18H20O/c1-14(2)16-10-6-7-11-17(16)18(19)13-12-15-8-4-3-5-9-15/h6-8,10-11,18-19H,1,3-5,9H2,2H3. The van der Waals surface area contributed by atoms with Crippen molar-refractivity contribution in [1.29, 1.82) is 0 Å². The van der Waals surface area contributed by atoms with Crippen LogP contribution in [0, 0.1) is 11.8 Å².